The number of fused-ring (bicyclic) bond motifs is 1. The Morgan fingerprint density at radius 3 is 2.84 bits per heavy atom. The van der Waals surface area contributed by atoms with Crippen LogP contribution in [0.3, 0.4) is 0 Å². The Morgan fingerprint density at radius 2 is 2.05 bits per heavy atom. The van der Waals surface area contributed by atoms with Crippen molar-refractivity contribution in [3.8, 4) is 0 Å². The zero-order chi connectivity index (χ0) is 13.2. The van der Waals surface area contributed by atoms with E-state index in [1.165, 1.54) is 11.1 Å². The van der Waals surface area contributed by atoms with Crippen molar-refractivity contribution in [2.24, 2.45) is 0 Å². The number of pyridine rings is 1. The smallest absolute Gasteiger partial charge is 0.166 e. The maximum Gasteiger partial charge on any atom is 0.166 e. The minimum Gasteiger partial charge on any atom is -0.297 e. The Kier molecular flexibility index (Phi) is 2.88. The van der Waals surface area contributed by atoms with Gasteiger partial charge in [-0.25, -0.2) is 4.98 Å². The number of rotatable bonds is 3. The predicted molar refractivity (Wildman–Crippen MR) is 74.6 cm³/mol. The first-order chi connectivity index (χ1) is 9.26. The molecule has 0 bridgehead atoms. The molecule has 2 heterocycles. The predicted octanol–water partition coefficient (Wildman–Crippen LogP) is 3.05. The Hall–Kier alpha value is -2.42. The molecule has 0 saturated heterocycles. The van der Waals surface area contributed by atoms with E-state index in [1.54, 1.807) is 6.07 Å². The van der Waals surface area contributed by atoms with Crippen LogP contribution >= 0.6 is 0 Å². The van der Waals surface area contributed by atoms with Crippen molar-refractivity contribution in [2.45, 2.75) is 13.3 Å². The van der Waals surface area contributed by atoms with Crippen molar-refractivity contribution < 1.29 is 4.79 Å². The fourth-order valence-corrected chi connectivity index (χ4v) is 2.29. The highest BCUT2D eigenvalue weighted by atomic mass is 16.1. The number of benzene rings is 1. The molecular formula is C16H14N2O. The summed E-state index contributed by atoms with van der Waals surface area (Å²) in [7, 11) is 0. The third kappa shape index (κ3) is 2.27. The molecule has 3 aromatic rings. The highest BCUT2D eigenvalue weighted by Gasteiger charge is 2.05. The Bertz CT molecular complexity index is 743. The van der Waals surface area contributed by atoms with Crippen molar-refractivity contribution in [3.63, 3.8) is 0 Å². The van der Waals surface area contributed by atoms with Crippen molar-refractivity contribution in [3.05, 3.63) is 71.2 Å². The lowest BCUT2D eigenvalue weighted by molar-refractivity contribution is 0.111. The van der Waals surface area contributed by atoms with Crippen LogP contribution in [0.2, 0.25) is 0 Å². The van der Waals surface area contributed by atoms with Gasteiger partial charge in [-0.15, -0.1) is 0 Å². The zero-order valence-corrected chi connectivity index (χ0v) is 10.7. The van der Waals surface area contributed by atoms with Crippen LogP contribution in [-0.2, 0) is 6.42 Å². The number of carbonyl (C=O) groups is 1. The molecule has 3 nitrogen and oxygen atoms in total. The number of nitrogens with zero attached hydrogens (tertiary/aromatic N) is 2. The second-order valence-electron chi connectivity index (χ2n) is 4.69. The van der Waals surface area contributed by atoms with E-state index < -0.39 is 0 Å². The summed E-state index contributed by atoms with van der Waals surface area (Å²) in [5.74, 6) is 0. The summed E-state index contributed by atoms with van der Waals surface area (Å²) in [6.45, 7) is 2.08. The summed E-state index contributed by atoms with van der Waals surface area (Å²) >= 11 is 0. The molecular weight excluding hydrogens is 236 g/mol. The van der Waals surface area contributed by atoms with Crippen LogP contribution in [0.5, 0.6) is 0 Å². The van der Waals surface area contributed by atoms with Crippen LogP contribution in [0.15, 0.2) is 48.7 Å². The first kappa shape index (κ1) is 11.7. The van der Waals surface area contributed by atoms with Gasteiger partial charge in [-0.05, 0) is 24.6 Å². The number of imidazole rings is 1. The van der Waals surface area contributed by atoms with Gasteiger partial charge in [-0.1, -0.05) is 35.9 Å². The van der Waals surface area contributed by atoms with E-state index in [2.05, 4.69) is 36.2 Å². The summed E-state index contributed by atoms with van der Waals surface area (Å²) in [6.07, 6.45) is 3.56. The summed E-state index contributed by atoms with van der Waals surface area (Å²) < 4.78 is 1.83. The lowest BCUT2D eigenvalue weighted by atomic mass is 10.1. The summed E-state index contributed by atoms with van der Waals surface area (Å²) in [5.41, 5.74) is 4.89. The second kappa shape index (κ2) is 4.69. The van der Waals surface area contributed by atoms with Gasteiger partial charge in [0.2, 0.25) is 0 Å². The van der Waals surface area contributed by atoms with Gasteiger partial charge in [0.1, 0.15) is 5.65 Å². The molecule has 0 atom stereocenters. The molecule has 0 aliphatic rings. The minimum atomic E-state index is 0.625. The molecule has 1 aromatic carbocycles. The van der Waals surface area contributed by atoms with Gasteiger partial charge in [0.15, 0.2) is 6.29 Å². The summed E-state index contributed by atoms with van der Waals surface area (Å²) in [6, 6.07) is 13.9. The quantitative estimate of drug-likeness (QED) is 0.669. The van der Waals surface area contributed by atoms with Gasteiger partial charge in [0, 0.05) is 12.6 Å². The Labute approximate surface area is 111 Å². The number of aryl methyl sites for hydroxylation is 1. The van der Waals surface area contributed by atoms with Crippen molar-refractivity contribution in [1.82, 2.24) is 9.38 Å². The normalized spacial score (nSPS) is 10.8. The molecule has 0 amide bonds. The molecule has 0 fully saturated rings. The zero-order valence-electron chi connectivity index (χ0n) is 10.7. The molecule has 0 aliphatic heterocycles. The number of carbonyl (C=O) groups excluding carboxylic acids is 1. The molecule has 2 aromatic heterocycles. The molecule has 0 aliphatic carbocycles. The first-order valence-corrected chi connectivity index (χ1v) is 6.24. The molecule has 94 valence electrons. The number of aldehydes is 1. The van der Waals surface area contributed by atoms with E-state index >= 15 is 0 Å². The van der Waals surface area contributed by atoms with Gasteiger partial charge in [0.05, 0.1) is 11.4 Å². The van der Waals surface area contributed by atoms with E-state index in [0.717, 1.165) is 24.0 Å². The molecule has 3 rings (SSSR count). The van der Waals surface area contributed by atoms with E-state index in [9.17, 15) is 4.79 Å². The Morgan fingerprint density at radius 1 is 1.21 bits per heavy atom. The highest BCUT2D eigenvalue weighted by Crippen LogP contribution is 2.13. The maximum absolute atomic E-state index is 11.0. The molecule has 0 radical (unpaired) electrons. The van der Waals surface area contributed by atoms with Crippen molar-refractivity contribution in [1.29, 1.82) is 0 Å². The van der Waals surface area contributed by atoms with Crippen LogP contribution in [0.1, 0.15) is 27.3 Å². The Balaban J connectivity index is 2.00. The molecule has 0 spiro atoms. The third-order valence-corrected chi connectivity index (χ3v) is 3.16. The fourth-order valence-electron chi connectivity index (χ4n) is 2.29. The van der Waals surface area contributed by atoms with E-state index in [4.69, 9.17) is 0 Å². The van der Waals surface area contributed by atoms with E-state index in [1.807, 2.05) is 22.7 Å². The molecule has 0 unspecified atom stereocenters. The van der Waals surface area contributed by atoms with Crippen LogP contribution in [0.4, 0.5) is 0 Å². The monoisotopic (exact) mass is 250 g/mol. The molecule has 0 saturated carbocycles. The average molecular weight is 250 g/mol. The molecule has 0 N–H and O–H groups in total. The largest absolute Gasteiger partial charge is 0.297 e. The van der Waals surface area contributed by atoms with Gasteiger partial charge >= 0.3 is 0 Å². The lowest BCUT2D eigenvalue weighted by Gasteiger charge is -1.99. The lowest BCUT2D eigenvalue weighted by Crippen LogP contribution is -1.92. The standard InChI is InChI=1S/C16H14N2O/c1-12-4-2-5-13(8-12)9-14-10-18-15(11-19)6-3-7-16(18)17-14/h2-8,10-11H,9H2,1H3. The first-order valence-electron chi connectivity index (χ1n) is 6.24. The maximum atomic E-state index is 11.0. The van der Waals surface area contributed by atoms with Crippen LogP contribution in [-0.4, -0.2) is 15.7 Å². The number of aromatic nitrogens is 2. The van der Waals surface area contributed by atoms with Crippen molar-refractivity contribution in [2.75, 3.05) is 0 Å². The highest BCUT2D eigenvalue weighted by molar-refractivity contribution is 5.73. The molecule has 19 heavy (non-hydrogen) atoms. The van der Waals surface area contributed by atoms with Gasteiger partial charge in [0.25, 0.3) is 0 Å². The van der Waals surface area contributed by atoms with E-state index in [-0.39, 0.29) is 0 Å². The average Bonchev–Trinajstić information content (AvgIpc) is 2.80. The van der Waals surface area contributed by atoms with Crippen LogP contribution in [0.25, 0.3) is 5.65 Å². The third-order valence-electron chi connectivity index (χ3n) is 3.16. The number of hydrogen-bond donors (Lipinski definition) is 0. The SMILES string of the molecule is Cc1cccc(Cc2cn3c(C=O)cccc3n2)c1. The van der Waals surface area contributed by atoms with Gasteiger partial charge < -0.3 is 0 Å². The summed E-state index contributed by atoms with van der Waals surface area (Å²) in [4.78, 5) is 15.5. The van der Waals surface area contributed by atoms with E-state index in [0.29, 0.717) is 5.69 Å². The summed E-state index contributed by atoms with van der Waals surface area (Å²) in [5, 5.41) is 0. The molecule has 3 heteroatoms. The van der Waals surface area contributed by atoms with Gasteiger partial charge in [-0.2, -0.15) is 0 Å². The van der Waals surface area contributed by atoms with Gasteiger partial charge in [-0.3, -0.25) is 9.20 Å². The topological polar surface area (TPSA) is 34.4 Å². The minimum absolute atomic E-state index is 0.625. The van der Waals surface area contributed by atoms with Crippen LogP contribution < -0.4 is 0 Å². The van der Waals surface area contributed by atoms with Crippen molar-refractivity contribution >= 4 is 11.9 Å². The second-order valence-corrected chi connectivity index (χ2v) is 4.69. The van der Waals surface area contributed by atoms with Crippen LogP contribution in [0, 0.1) is 6.92 Å². The number of hydrogen-bond acceptors (Lipinski definition) is 2. The fraction of sp³-hybridized carbons (Fsp3) is 0.125.